The highest BCUT2D eigenvalue weighted by molar-refractivity contribution is 5.99. The van der Waals surface area contributed by atoms with Crippen LogP contribution in [0, 0.1) is 5.92 Å². The molecule has 0 fully saturated rings. The number of carbonyl (C=O) groups excluding carboxylic acids is 3. The van der Waals surface area contributed by atoms with Gasteiger partial charge in [-0.15, -0.1) is 0 Å². The number of methoxy groups -OCH3 is 1. The summed E-state index contributed by atoms with van der Waals surface area (Å²) >= 11 is 0. The number of alkyl carbamates (subject to hydrolysis) is 1. The van der Waals surface area contributed by atoms with Gasteiger partial charge in [-0.2, -0.15) is 0 Å². The molecule has 0 saturated carbocycles. The quantitative estimate of drug-likeness (QED) is 0.666. The van der Waals surface area contributed by atoms with Crippen molar-refractivity contribution in [3.8, 4) is 0 Å². The highest BCUT2D eigenvalue weighted by atomic mass is 16.6. The molecule has 23 heavy (non-hydrogen) atoms. The molecule has 1 amide bonds. The molecular formula is C17H23NO5. The molecule has 1 N–H and O–H groups in total. The number of hydrogen-bond acceptors (Lipinski definition) is 5. The van der Waals surface area contributed by atoms with Crippen molar-refractivity contribution in [2.24, 2.45) is 5.92 Å². The lowest BCUT2D eigenvalue weighted by Gasteiger charge is -2.27. The summed E-state index contributed by atoms with van der Waals surface area (Å²) in [6, 6.07) is 7.90. The van der Waals surface area contributed by atoms with Crippen molar-refractivity contribution < 1.29 is 23.9 Å². The smallest absolute Gasteiger partial charge is 0.408 e. The Kier molecular flexibility index (Phi) is 6.30. The number of ether oxygens (including phenoxy) is 2. The lowest BCUT2D eigenvalue weighted by molar-refractivity contribution is -0.150. The van der Waals surface area contributed by atoms with E-state index in [1.165, 1.54) is 14.0 Å². The van der Waals surface area contributed by atoms with Crippen LogP contribution >= 0.6 is 0 Å². The predicted octanol–water partition coefficient (Wildman–Crippen LogP) is 2.63. The standard InChI is InChI=1S/C17H23NO5/c1-11(19)13(15(20)22-5)14(12-9-7-6-8-10-12)18-16(21)23-17(2,3)4/h6-10,13-14H,1-5H3,(H,18,21). The zero-order chi connectivity index (χ0) is 17.6. The summed E-state index contributed by atoms with van der Waals surface area (Å²) in [6.07, 6.45) is -0.707. The highest BCUT2D eigenvalue weighted by Crippen LogP contribution is 2.25. The lowest BCUT2D eigenvalue weighted by atomic mass is 9.90. The van der Waals surface area contributed by atoms with Crippen LogP contribution in [0.1, 0.15) is 39.3 Å². The van der Waals surface area contributed by atoms with Crippen molar-refractivity contribution in [2.75, 3.05) is 7.11 Å². The van der Waals surface area contributed by atoms with Crippen LogP contribution in [0.5, 0.6) is 0 Å². The molecule has 2 atom stereocenters. The number of esters is 1. The van der Waals surface area contributed by atoms with Gasteiger partial charge in [-0.3, -0.25) is 9.59 Å². The Bertz CT molecular complexity index is 562. The van der Waals surface area contributed by atoms with Crippen molar-refractivity contribution in [1.82, 2.24) is 5.32 Å². The van der Waals surface area contributed by atoms with Gasteiger partial charge in [0, 0.05) is 0 Å². The number of carbonyl (C=O) groups is 3. The maximum atomic E-state index is 12.1. The second-order valence-corrected chi connectivity index (χ2v) is 6.15. The minimum Gasteiger partial charge on any atom is -0.468 e. The molecule has 0 bridgehead atoms. The van der Waals surface area contributed by atoms with Gasteiger partial charge in [0.1, 0.15) is 17.3 Å². The molecule has 0 aliphatic rings. The molecule has 0 spiro atoms. The molecular weight excluding hydrogens is 298 g/mol. The molecule has 0 aromatic heterocycles. The van der Waals surface area contributed by atoms with Crippen LogP contribution in [0.4, 0.5) is 4.79 Å². The van der Waals surface area contributed by atoms with Crippen molar-refractivity contribution >= 4 is 17.8 Å². The van der Waals surface area contributed by atoms with E-state index >= 15 is 0 Å². The second kappa shape index (κ2) is 7.76. The maximum absolute atomic E-state index is 12.1. The summed E-state index contributed by atoms with van der Waals surface area (Å²) < 4.78 is 9.93. The first-order chi connectivity index (χ1) is 10.7. The third-order valence-corrected chi connectivity index (χ3v) is 3.06. The summed E-state index contributed by atoms with van der Waals surface area (Å²) in [4.78, 5) is 36.0. The molecule has 6 heteroatoms. The van der Waals surface area contributed by atoms with Crippen LogP contribution in [0.3, 0.4) is 0 Å². The topological polar surface area (TPSA) is 81.7 Å². The summed E-state index contributed by atoms with van der Waals surface area (Å²) in [5, 5.41) is 2.60. The van der Waals surface area contributed by atoms with Gasteiger partial charge in [-0.05, 0) is 33.3 Å². The van der Waals surface area contributed by atoms with Gasteiger partial charge in [0.25, 0.3) is 0 Å². The molecule has 0 heterocycles. The van der Waals surface area contributed by atoms with E-state index in [1.807, 2.05) is 0 Å². The minimum atomic E-state index is -1.14. The average molecular weight is 321 g/mol. The molecule has 126 valence electrons. The van der Waals surface area contributed by atoms with Crippen molar-refractivity contribution in [2.45, 2.75) is 39.3 Å². The van der Waals surface area contributed by atoms with Crippen molar-refractivity contribution in [3.05, 3.63) is 35.9 Å². The van der Waals surface area contributed by atoms with E-state index < -0.39 is 35.4 Å². The minimum absolute atomic E-state index is 0.401. The fourth-order valence-corrected chi connectivity index (χ4v) is 2.12. The van der Waals surface area contributed by atoms with Gasteiger partial charge in [0.15, 0.2) is 0 Å². The summed E-state index contributed by atoms with van der Waals surface area (Å²) in [5.74, 6) is -2.25. The van der Waals surface area contributed by atoms with Crippen LogP contribution in [-0.2, 0) is 19.1 Å². The average Bonchev–Trinajstić information content (AvgIpc) is 2.44. The Balaban J connectivity index is 3.14. The summed E-state index contributed by atoms with van der Waals surface area (Å²) in [5.41, 5.74) is -0.0774. The van der Waals surface area contributed by atoms with Crippen molar-refractivity contribution in [3.63, 3.8) is 0 Å². The van der Waals surface area contributed by atoms with Crippen LogP contribution in [0.25, 0.3) is 0 Å². The Morgan fingerprint density at radius 3 is 2.09 bits per heavy atom. The van der Waals surface area contributed by atoms with Crippen molar-refractivity contribution in [1.29, 1.82) is 0 Å². The molecule has 6 nitrogen and oxygen atoms in total. The van der Waals surface area contributed by atoms with E-state index in [-0.39, 0.29) is 0 Å². The molecule has 1 aromatic rings. The third kappa shape index (κ3) is 5.73. The number of hydrogen-bond donors (Lipinski definition) is 1. The van der Waals surface area contributed by atoms with E-state index in [1.54, 1.807) is 51.1 Å². The van der Waals surface area contributed by atoms with Gasteiger partial charge < -0.3 is 14.8 Å². The Hall–Kier alpha value is -2.37. The van der Waals surface area contributed by atoms with E-state index in [2.05, 4.69) is 5.32 Å². The SMILES string of the molecule is COC(=O)C(C(C)=O)C(NC(=O)OC(C)(C)C)c1ccccc1. The summed E-state index contributed by atoms with van der Waals surface area (Å²) in [7, 11) is 1.20. The zero-order valence-electron chi connectivity index (χ0n) is 14.1. The molecule has 2 unspecified atom stereocenters. The number of nitrogens with one attached hydrogen (secondary N) is 1. The molecule has 0 aliphatic carbocycles. The van der Waals surface area contributed by atoms with E-state index in [0.29, 0.717) is 5.56 Å². The number of benzene rings is 1. The molecule has 1 rings (SSSR count). The Morgan fingerprint density at radius 1 is 1.09 bits per heavy atom. The van der Waals surface area contributed by atoms with Gasteiger partial charge in [0.05, 0.1) is 13.2 Å². The molecule has 0 aliphatic heterocycles. The Morgan fingerprint density at radius 2 is 1.65 bits per heavy atom. The van der Waals surface area contributed by atoms with Gasteiger partial charge in [-0.1, -0.05) is 30.3 Å². The maximum Gasteiger partial charge on any atom is 0.408 e. The first kappa shape index (κ1) is 18.7. The van der Waals surface area contributed by atoms with Gasteiger partial charge >= 0.3 is 12.1 Å². The number of rotatable bonds is 5. The molecule has 0 saturated heterocycles. The summed E-state index contributed by atoms with van der Waals surface area (Å²) in [6.45, 7) is 6.47. The zero-order valence-corrected chi connectivity index (χ0v) is 14.1. The van der Waals surface area contributed by atoms with Crippen LogP contribution in [0.2, 0.25) is 0 Å². The van der Waals surface area contributed by atoms with Crippen LogP contribution in [-0.4, -0.2) is 30.6 Å². The highest BCUT2D eigenvalue weighted by Gasteiger charge is 2.36. The molecule has 0 radical (unpaired) electrons. The van der Waals surface area contributed by atoms with Gasteiger partial charge in [0.2, 0.25) is 0 Å². The fraction of sp³-hybridized carbons (Fsp3) is 0.471. The number of ketones is 1. The number of Topliss-reactive ketones (excluding diaryl/α,β-unsaturated/α-hetero) is 1. The third-order valence-electron chi connectivity index (χ3n) is 3.06. The van der Waals surface area contributed by atoms with Gasteiger partial charge in [-0.25, -0.2) is 4.79 Å². The van der Waals surface area contributed by atoms with Crippen LogP contribution < -0.4 is 5.32 Å². The normalized spacial score (nSPS) is 13.6. The molecule has 1 aromatic carbocycles. The number of amides is 1. The Labute approximate surface area is 136 Å². The predicted molar refractivity (Wildman–Crippen MR) is 84.7 cm³/mol. The van der Waals surface area contributed by atoms with E-state index in [0.717, 1.165) is 0 Å². The fourth-order valence-electron chi connectivity index (χ4n) is 2.12. The van der Waals surface area contributed by atoms with Crippen LogP contribution in [0.15, 0.2) is 30.3 Å². The lowest BCUT2D eigenvalue weighted by Crippen LogP contribution is -2.42. The van der Waals surface area contributed by atoms with E-state index in [9.17, 15) is 14.4 Å². The largest absolute Gasteiger partial charge is 0.468 e. The monoisotopic (exact) mass is 321 g/mol. The first-order valence-electron chi connectivity index (χ1n) is 7.28. The first-order valence-corrected chi connectivity index (χ1v) is 7.28. The van der Waals surface area contributed by atoms with E-state index in [4.69, 9.17) is 9.47 Å². The second-order valence-electron chi connectivity index (χ2n) is 6.15.